The summed E-state index contributed by atoms with van der Waals surface area (Å²) in [6, 6.07) is 0. The van der Waals surface area contributed by atoms with E-state index < -0.39 is 0 Å². The Morgan fingerprint density at radius 2 is 2.33 bits per heavy atom. The van der Waals surface area contributed by atoms with Gasteiger partial charge in [-0.15, -0.1) is 11.6 Å². The summed E-state index contributed by atoms with van der Waals surface area (Å²) in [5, 5.41) is 0. The molecule has 0 fully saturated rings. The topological polar surface area (TPSA) is 21.3 Å². The number of alkyl halides is 1. The maximum absolute atomic E-state index is 5.36. The Hall–Kier alpha value is -0.0500. The first kappa shape index (κ1) is 8.95. The molecule has 0 saturated carbocycles. The number of hydrogen-bond donors (Lipinski definition) is 1. The zero-order valence-electron chi connectivity index (χ0n) is 5.56. The summed E-state index contributed by atoms with van der Waals surface area (Å²) < 4.78 is 0. The van der Waals surface area contributed by atoms with Crippen LogP contribution >= 0.6 is 11.6 Å². The fraction of sp³-hybridized carbons (Fsp3) is 0.667. The first-order valence-electron chi connectivity index (χ1n) is 2.97. The van der Waals surface area contributed by atoms with E-state index in [0.717, 1.165) is 6.54 Å². The number of halogens is 1. The third kappa shape index (κ3) is 7.95. The van der Waals surface area contributed by atoms with Gasteiger partial charge in [0.1, 0.15) is 0 Å². The Balaban J connectivity index is 2.82. The molecule has 2 nitrogen and oxygen atoms in total. The van der Waals surface area contributed by atoms with E-state index in [4.69, 9.17) is 16.4 Å². The van der Waals surface area contributed by atoms with E-state index in [1.807, 2.05) is 19.1 Å². The quantitative estimate of drug-likeness (QED) is 0.276. The molecule has 0 saturated heterocycles. The van der Waals surface area contributed by atoms with Crippen molar-refractivity contribution in [3.8, 4) is 0 Å². The van der Waals surface area contributed by atoms with E-state index in [2.05, 4.69) is 5.48 Å². The highest BCUT2D eigenvalue weighted by Gasteiger charge is 1.75. The van der Waals surface area contributed by atoms with Crippen molar-refractivity contribution in [2.24, 2.45) is 0 Å². The van der Waals surface area contributed by atoms with Gasteiger partial charge in [0.2, 0.25) is 0 Å². The molecule has 54 valence electrons. The van der Waals surface area contributed by atoms with Crippen molar-refractivity contribution in [3.63, 3.8) is 0 Å². The van der Waals surface area contributed by atoms with Gasteiger partial charge in [-0.05, 0) is 6.92 Å². The molecule has 0 aromatic heterocycles. The third-order valence-electron chi connectivity index (χ3n) is 0.703. The molecule has 0 spiro atoms. The van der Waals surface area contributed by atoms with Gasteiger partial charge in [0.15, 0.2) is 0 Å². The Kier molecular flexibility index (Phi) is 7.91. The Labute approximate surface area is 60.8 Å². The summed E-state index contributed by atoms with van der Waals surface area (Å²) >= 11 is 5.36. The fourth-order valence-electron chi connectivity index (χ4n) is 0.355. The Bertz CT molecular complexity index is 75.5. The van der Waals surface area contributed by atoms with Crippen molar-refractivity contribution in [3.05, 3.63) is 12.2 Å². The van der Waals surface area contributed by atoms with E-state index in [0.29, 0.717) is 12.5 Å². The second-order valence-electron chi connectivity index (χ2n) is 1.41. The predicted molar refractivity (Wildman–Crippen MR) is 39.5 cm³/mol. The second kappa shape index (κ2) is 7.95. The molecule has 0 aliphatic heterocycles. The number of rotatable bonds is 5. The summed E-state index contributed by atoms with van der Waals surface area (Å²) in [5.74, 6) is 0.563. The summed E-state index contributed by atoms with van der Waals surface area (Å²) in [6.45, 7) is 3.34. The van der Waals surface area contributed by atoms with Crippen LogP contribution in [0.25, 0.3) is 0 Å². The molecule has 0 aromatic carbocycles. The van der Waals surface area contributed by atoms with Crippen LogP contribution in [-0.2, 0) is 4.84 Å². The summed E-state index contributed by atoms with van der Waals surface area (Å²) in [6.07, 6.45) is 3.79. The highest BCUT2D eigenvalue weighted by atomic mass is 35.5. The minimum Gasteiger partial charge on any atom is -0.302 e. The maximum atomic E-state index is 5.36. The zero-order valence-corrected chi connectivity index (χ0v) is 6.32. The van der Waals surface area contributed by atoms with Gasteiger partial charge >= 0.3 is 0 Å². The van der Waals surface area contributed by atoms with Crippen LogP contribution < -0.4 is 5.48 Å². The first-order chi connectivity index (χ1) is 4.41. The van der Waals surface area contributed by atoms with E-state index >= 15 is 0 Å². The molecule has 0 rings (SSSR count). The SMILES string of the molecule is CCONC/C=C/CCl. The van der Waals surface area contributed by atoms with E-state index in [-0.39, 0.29) is 0 Å². The second-order valence-corrected chi connectivity index (χ2v) is 1.72. The summed E-state index contributed by atoms with van der Waals surface area (Å²) in [5.41, 5.74) is 2.72. The third-order valence-corrected chi connectivity index (χ3v) is 0.882. The lowest BCUT2D eigenvalue weighted by Crippen LogP contribution is -2.13. The van der Waals surface area contributed by atoms with Gasteiger partial charge in [-0.3, -0.25) is 0 Å². The molecule has 0 bridgehead atoms. The predicted octanol–water partition coefficient (Wildman–Crippen LogP) is 1.32. The molecule has 3 heteroatoms. The van der Waals surface area contributed by atoms with Crippen molar-refractivity contribution in [2.45, 2.75) is 6.92 Å². The minimum atomic E-state index is 0.563. The van der Waals surface area contributed by atoms with E-state index in [1.54, 1.807) is 0 Å². The van der Waals surface area contributed by atoms with Crippen molar-refractivity contribution >= 4 is 11.6 Å². The van der Waals surface area contributed by atoms with Gasteiger partial charge in [-0.1, -0.05) is 12.2 Å². The summed E-state index contributed by atoms with van der Waals surface area (Å²) in [7, 11) is 0. The Morgan fingerprint density at radius 1 is 1.56 bits per heavy atom. The molecule has 0 amide bonds. The van der Waals surface area contributed by atoms with Crippen molar-refractivity contribution in [1.82, 2.24) is 5.48 Å². The molecule has 9 heavy (non-hydrogen) atoms. The molecule has 1 N–H and O–H groups in total. The number of nitrogens with one attached hydrogen (secondary N) is 1. The average molecular weight is 150 g/mol. The lowest BCUT2D eigenvalue weighted by Gasteiger charge is -1.96. The molecule has 0 radical (unpaired) electrons. The van der Waals surface area contributed by atoms with Crippen LogP contribution in [0.4, 0.5) is 0 Å². The molecule has 0 aliphatic carbocycles. The van der Waals surface area contributed by atoms with Crippen LogP contribution in [0.3, 0.4) is 0 Å². The molecular weight excluding hydrogens is 138 g/mol. The normalized spacial score (nSPS) is 10.9. The maximum Gasteiger partial charge on any atom is 0.0654 e. The largest absolute Gasteiger partial charge is 0.302 e. The molecule has 0 aromatic rings. The van der Waals surface area contributed by atoms with Gasteiger partial charge in [0.25, 0.3) is 0 Å². The highest BCUT2D eigenvalue weighted by Crippen LogP contribution is 1.76. The van der Waals surface area contributed by atoms with E-state index in [1.165, 1.54) is 0 Å². The smallest absolute Gasteiger partial charge is 0.0654 e. The Morgan fingerprint density at radius 3 is 2.89 bits per heavy atom. The lowest BCUT2D eigenvalue weighted by atomic mass is 10.5. The van der Waals surface area contributed by atoms with Crippen molar-refractivity contribution < 1.29 is 4.84 Å². The summed E-state index contributed by atoms with van der Waals surface area (Å²) in [4.78, 5) is 4.84. The number of hydroxylamine groups is 1. The van der Waals surface area contributed by atoms with Crippen LogP contribution in [0.5, 0.6) is 0 Å². The zero-order chi connectivity index (χ0) is 6.95. The first-order valence-corrected chi connectivity index (χ1v) is 3.51. The van der Waals surface area contributed by atoms with Crippen molar-refractivity contribution in [2.75, 3.05) is 19.0 Å². The van der Waals surface area contributed by atoms with E-state index in [9.17, 15) is 0 Å². The van der Waals surface area contributed by atoms with Crippen LogP contribution in [0.2, 0.25) is 0 Å². The fourth-order valence-corrected chi connectivity index (χ4v) is 0.481. The standard InChI is InChI=1S/C6H12ClNO/c1-2-9-8-6-4-3-5-7/h3-4,8H,2,5-6H2,1H3/b4-3+. The molecule has 0 heterocycles. The van der Waals surface area contributed by atoms with Gasteiger partial charge in [0.05, 0.1) is 6.61 Å². The number of hydrogen-bond acceptors (Lipinski definition) is 2. The van der Waals surface area contributed by atoms with Gasteiger partial charge in [-0.25, -0.2) is 0 Å². The molecular formula is C6H12ClNO. The van der Waals surface area contributed by atoms with Gasteiger partial charge < -0.3 is 4.84 Å². The molecule has 0 unspecified atom stereocenters. The average Bonchev–Trinajstić information content (AvgIpc) is 1.89. The minimum absolute atomic E-state index is 0.563. The molecule has 0 aliphatic rings. The number of allylic oxidation sites excluding steroid dienone is 1. The van der Waals surface area contributed by atoms with Crippen LogP contribution in [-0.4, -0.2) is 19.0 Å². The van der Waals surface area contributed by atoms with Crippen LogP contribution in [0.1, 0.15) is 6.92 Å². The van der Waals surface area contributed by atoms with Crippen LogP contribution in [0.15, 0.2) is 12.2 Å². The van der Waals surface area contributed by atoms with Crippen LogP contribution in [0, 0.1) is 0 Å². The lowest BCUT2D eigenvalue weighted by molar-refractivity contribution is 0.0587. The molecule has 0 atom stereocenters. The monoisotopic (exact) mass is 149 g/mol. The van der Waals surface area contributed by atoms with Crippen molar-refractivity contribution in [1.29, 1.82) is 0 Å². The van der Waals surface area contributed by atoms with Gasteiger partial charge in [0, 0.05) is 12.4 Å². The highest BCUT2D eigenvalue weighted by molar-refractivity contribution is 6.18. The van der Waals surface area contributed by atoms with Gasteiger partial charge in [-0.2, -0.15) is 5.48 Å².